The van der Waals surface area contributed by atoms with Crippen LogP contribution in [0.4, 0.5) is 5.82 Å². The van der Waals surface area contributed by atoms with Crippen molar-refractivity contribution in [1.82, 2.24) is 15.0 Å². The van der Waals surface area contributed by atoms with E-state index in [9.17, 15) is 0 Å². The van der Waals surface area contributed by atoms with Gasteiger partial charge in [-0.15, -0.1) is 0 Å². The molecule has 1 aliphatic rings. The second-order valence-corrected chi connectivity index (χ2v) is 6.40. The van der Waals surface area contributed by atoms with Gasteiger partial charge in [0.05, 0.1) is 5.69 Å². The van der Waals surface area contributed by atoms with Crippen LogP contribution in [0.1, 0.15) is 24.1 Å². The molecular weight excluding hydrogens is 284 g/mol. The van der Waals surface area contributed by atoms with Crippen LogP contribution in [0.3, 0.4) is 0 Å². The second-order valence-electron chi connectivity index (χ2n) is 6.40. The van der Waals surface area contributed by atoms with Gasteiger partial charge in [-0.3, -0.25) is 9.97 Å². The Morgan fingerprint density at radius 1 is 1.17 bits per heavy atom. The van der Waals surface area contributed by atoms with Crippen molar-refractivity contribution >= 4 is 16.6 Å². The lowest BCUT2D eigenvalue weighted by Crippen LogP contribution is -2.04. The van der Waals surface area contributed by atoms with Crippen LogP contribution < -0.4 is 5.32 Å². The normalized spacial score (nSPS) is 14.2. The van der Waals surface area contributed by atoms with Crippen molar-refractivity contribution in [3.63, 3.8) is 0 Å². The lowest BCUT2D eigenvalue weighted by atomic mass is 10.0. The summed E-state index contributed by atoms with van der Waals surface area (Å²) in [5.41, 5.74) is 4.25. The summed E-state index contributed by atoms with van der Waals surface area (Å²) < 4.78 is 0. The molecule has 0 aromatic carbocycles. The summed E-state index contributed by atoms with van der Waals surface area (Å²) >= 11 is 0. The van der Waals surface area contributed by atoms with Gasteiger partial charge in [-0.25, -0.2) is 4.98 Å². The van der Waals surface area contributed by atoms with Crippen LogP contribution in [0.2, 0.25) is 0 Å². The SMILES string of the molecule is Cc1ccncc1-c1cc2cc(NCC3CC3)ncc2c(C)n1. The summed E-state index contributed by atoms with van der Waals surface area (Å²) in [6, 6.07) is 6.28. The van der Waals surface area contributed by atoms with E-state index < -0.39 is 0 Å². The number of fused-ring (bicyclic) bond motifs is 1. The average molecular weight is 304 g/mol. The summed E-state index contributed by atoms with van der Waals surface area (Å²) in [6.07, 6.45) is 8.31. The first-order valence-electron chi connectivity index (χ1n) is 8.13. The number of anilines is 1. The molecule has 3 heterocycles. The van der Waals surface area contributed by atoms with Crippen LogP contribution in [-0.2, 0) is 0 Å². The van der Waals surface area contributed by atoms with Crippen molar-refractivity contribution in [1.29, 1.82) is 0 Å². The van der Waals surface area contributed by atoms with E-state index in [4.69, 9.17) is 4.98 Å². The molecule has 1 saturated carbocycles. The van der Waals surface area contributed by atoms with E-state index in [1.807, 2.05) is 31.6 Å². The zero-order valence-electron chi connectivity index (χ0n) is 13.5. The molecule has 0 unspecified atom stereocenters. The predicted octanol–water partition coefficient (Wildman–Crippen LogP) is 4.13. The molecule has 0 aliphatic heterocycles. The van der Waals surface area contributed by atoms with E-state index in [1.54, 1.807) is 0 Å². The molecule has 4 nitrogen and oxygen atoms in total. The van der Waals surface area contributed by atoms with E-state index >= 15 is 0 Å². The minimum Gasteiger partial charge on any atom is -0.370 e. The first-order valence-corrected chi connectivity index (χ1v) is 8.13. The van der Waals surface area contributed by atoms with Crippen molar-refractivity contribution < 1.29 is 0 Å². The Bertz CT molecular complexity index is 868. The fraction of sp³-hybridized carbons (Fsp3) is 0.316. The van der Waals surface area contributed by atoms with Gasteiger partial charge >= 0.3 is 0 Å². The number of aryl methyl sites for hydroxylation is 2. The quantitative estimate of drug-likeness (QED) is 0.787. The molecule has 0 amide bonds. The first kappa shape index (κ1) is 14.1. The van der Waals surface area contributed by atoms with E-state index in [-0.39, 0.29) is 0 Å². The van der Waals surface area contributed by atoms with Crippen molar-refractivity contribution in [2.24, 2.45) is 5.92 Å². The standard InChI is InChI=1S/C19H20N4/c1-12-5-6-20-10-16(12)18-7-15-8-19(21-9-14-3-4-14)22-11-17(15)13(2)23-18/h5-8,10-11,14H,3-4,9H2,1-2H3,(H,21,22). The minimum atomic E-state index is 0.834. The molecule has 4 rings (SSSR count). The summed E-state index contributed by atoms with van der Waals surface area (Å²) in [5, 5.41) is 5.72. The lowest BCUT2D eigenvalue weighted by molar-refractivity contribution is 0.883. The van der Waals surface area contributed by atoms with Gasteiger partial charge in [0.1, 0.15) is 5.82 Å². The van der Waals surface area contributed by atoms with Crippen LogP contribution in [-0.4, -0.2) is 21.5 Å². The average Bonchev–Trinajstić information content (AvgIpc) is 3.37. The third-order valence-electron chi connectivity index (χ3n) is 4.49. The van der Waals surface area contributed by atoms with Crippen LogP contribution in [0, 0.1) is 19.8 Å². The van der Waals surface area contributed by atoms with E-state index in [0.717, 1.165) is 40.6 Å². The van der Waals surface area contributed by atoms with E-state index in [0.29, 0.717) is 0 Å². The van der Waals surface area contributed by atoms with Gasteiger partial charge in [-0.2, -0.15) is 0 Å². The van der Waals surface area contributed by atoms with Gasteiger partial charge in [-0.1, -0.05) is 0 Å². The number of nitrogens with zero attached hydrogens (tertiary/aromatic N) is 3. The fourth-order valence-electron chi connectivity index (χ4n) is 2.85. The van der Waals surface area contributed by atoms with Gasteiger partial charge in [0.15, 0.2) is 0 Å². The Labute approximate surface area is 136 Å². The van der Waals surface area contributed by atoms with Crippen LogP contribution in [0.5, 0.6) is 0 Å². The lowest BCUT2D eigenvalue weighted by Gasteiger charge is -2.10. The molecule has 0 spiro atoms. The van der Waals surface area contributed by atoms with Crippen molar-refractivity contribution in [3.05, 3.63) is 48.0 Å². The molecule has 23 heavy (non-hydrogen) atoms. The molecule has 116 valence electrons. The number of pyridine rings is 3. The smallest absolute Gasteiger partial charge is 0.126 e. The molecule has 0 atom stereocenters. The zero-order valence-corrected chi connectivity index (χ0v) is 13.5. The Balaban J connectivity index is 1.76. The topological polar surface area (TPSA) is 50.7 Å². The summed E-state index contributed by atoms with van der Waals surface area (Å²) in [7, 11) is 0. The molecule has 0 saturated heterocycles. The molecule has 0 radical (unpaired) electrons. The maximum atomic E-state index is 4.75. The maximum absolute atomic E-state index is 4.75. The molecule has 3 aromatic heterocycles. The highest BCUT2D eigenvalue weighted by molar-refractivity contribution is 5.89. The highest BCUT2D eigenvalue weighted by atomic mass is 15.0. The first-order chi connectivity index (χ1) is 11.2. The van der Waals surface area contributed by atoms with Gasteiger partial charge in [0.2, 0.25) is 0 Å². The van der Waals surface area contributed by atoms with Gasteiger partial charge < -0.3 is 5.32 Å². The summed E-state index contributed by atoms with van der Waals surface area (Å²) in [4.78, 5) is 13.5. The highest BCUT2D eigenvalue weighted by Gasteiger charge is 2.20. The van der Waals surface area contributed by atoms with Crippen LogP contribution in [0.15, 0.2) is 36.8 Å². The third-order valence-corrected chi connectivity index (χ3v) is 4.49. The molecule has 3 aromatic rings. The number of aromatic nitrogens is 3. The van der Waals surface area contributed by atoms with Crippen molar-refractivity contribution in [2.45, 2.75) is 26.7 Å². The van der Waals surface area contributed by atoms with Crippen LogP contribution >= 0.6 is 0 Å². The van der Waals surface area contributed by atoms with E-state index in [1.165, 1.54) is 23.8 Å². The number of rotatable bonds is 4. The Morgan fingerprint density at radius 3 is 2.83 bits per heavy atom. The Morgan fingerprint density at radius 2 is 2.04 bits per heavy atom. The summed E-state index contributed by atoms with van der Waals surface area (Å²) in [6.45, 7) is 5.15. The Kier molecular flexibility index (Phi) is 3.45. The molecule has 1 fully saturated rings. The van der Waals surface area contributed by atoms with Crippen molar-refractivity contribution in [3.8, 4) is 11.3 Å². The van der Waals surface area contributed by atoms with E-state index in [2.05, 4.69) is 34.3 Å². The maximum Gasteiger partial charge on any atom is 0.126 e. The second kappa shape index (κ2) is 5.61. The van der Waals surface area contributed by atoms with Crippen LogP contribution in [0.25, 0.3) is 22.0 Å². The predicted molar refractivity (Wildman–Crippen MR) is 93.5 cm³/mol. The number of hydrogen-bond acceptors (Lipinski definition) is 4. The van der Waals surface area contributed by atoms with Gasteiger partial charge in [0, 0.05) is 41.8 Å². The molecule has 1 N–H and O–H groups in total. The van der Waals surface area contributed by atoms with Gasteiger partial charge in [0.25, 0.3) is 0 Å². The number of hydrogen-bond donors (Lipinski definition) is 1. The highest BCUT2D eigenvalue weighted by Crippen LogP contribution is 2.30. The van der Waals surface area contributed by atoms with Crippen molar-refractivity contribution in [2.75, 3.05) is 11.9 Å². The minimum absolute atomic E-state index is 0.834. The molecule has 1 aliphatic carbocycles. The number of nitrogens with one attached hydrogen (secondary N) is 1. The monoisotopic (exact) mass is 304 g/mol. The molecule has 4 heteroatoms. The zero-order chi connectivity index (χ0) is 15.8. The molecule has 0 bridgehead atoms. The third kappa shape index (κ3) is 2.89. The summed E-state index contributed by atoms with van der Waals surface area (Å²) in [5.74, 6) is 1.78. The van der Waals surface area contributed by atoms with Gasteiger partial charge in [-0.05, 0) is 61.8 Å². The molecular formula is C19H20N4. The Hall–Kier alpha value is -2.49. The largest absolute Gasteiger partial charge is 0.370 e. The fourth-order valence-corrected chi connectivity index (χ4v) is 2.85.